The second-order valence-corrected chi connectivity index (χ2v) is 9.68. The first-order chi connectivity index (χ1) is 19.1. The number of benzene rings is 2. The van der Waals surface area contributed by atoms with Crippen LogP contribution < -0.4 is 11.0 Å². The number of rotatable bonds is 8. The molecule has 0 aliphatic carbocycles. The highest BCUT2D eigenvalue weighted by Gasteiger charge is 2.39. The molecule has 5 rings (SSSR count). The monoisotopic (exact) mass is 590 g/mol. The SMILES string of the molecule is O=C(Nc1nccs1)c1ccccc1-n1cnc(Cn2nc(-c3ccc(Cl)cc3)n(C[C@H](O)C(F)(F)F)c2=O)n1. The van der Waals surface area contributed by atoms with E-state index in [2.05, 4.69) is 25.5 Å². The third kappa shape index (κ3) is 5.80. The fourth-order valence-electron chi connectivity index (χ4n) is 3.73. The lowest BCUT2D eigenvalue weighted by atomic mass is 10.1. The van der Waals surface area contributed by atoms with E-state index in [0.29, 0.717) is 21.4 Å². The van der Waals surface area contributed by atoms with Crippen LogP contribution in [-0.4, -0.2) is 57.4 Å². The predicted octanol–water partition coefficient (Wildman–Crippen LogP) is 3.63. The number of hydrogen-bond acceptors (Lipinski definition) is 8. The van der Waals surface area contributed by atoms with E-state index in [0.717, 1.165) is 9.25 Å². The first-order valence-electron chi connectivity index (χ1n) is 11.5. The minimum Gasteiger partial charge on any atom is -0.382 e. The summed E-state index contributed by atoms with van der Waals surface area (Å²) in [5.74, 6) is -0.428. The van der Waals surface area contributed by atoms with E-state index in [-0.39, 0.29) is 23.8 Å². The number of hydrogen-bond donors (Lipinski definition) is 2. The Kier molecular flexibility index (Phi) is 7.51. The van der Waals surface area contributed by atoms with Crippen molar-refractivity contribution in [2.45, 2.75) is 25.4 Å². The third-order valence-electron chi connectivity index (χ3n) is 5.64. The number of thiazole rings is 1. The van der Waals surface area contributed by atoms with Crippen LogP contribution >= 0.6 is 22.9 Å². The molecule has 11 nitrogen and oxygen atoms in total. The van der Waals surface area contributed by atoms with Gasteiger partial charge in [0.1, 0.15) is 12.9 Å². The van der Waals surface area contributed by atoms with Gasteiger partial charge in [-0.2, -0.15) is 13.2 Å². The van der Waals surface area contributed by atoms with E-state index in [1.165, 1.54) is 46.6 Å². The maximum absolute atomic E-state index is 13.1. The second-order valence-electron chi connectivity index (χ2n) is 8.35. The van der Waals surface area contributed by atoms with Gasteiger partial charge in [0.25, 0.3) is 5.91 Å². The summed E-state index contributed by atoms with van der Waals surface area (Å²) in [5.41, 5.74) is 0.0752. The highest BCUT2D eigenvalue weighted by molar-refractivity contribution is 7.13. The van der Waals surface area contributed by atoms with Crippen molar-refractivity contribution in [1.29, 1.82) is 0 Å². The summed E-state index contributed by atoms with van der Waals surface area (Å²) < 4.78 is 42.3. The van der Waals surface area contributed by atoms with Crippen LogP contribution in [0, 0.1) is 0 Å². The van der Waals surface area contributed by atoms with Crippen molar-refractivity contribution in [3.05, 3.63) is 93.3 Å². The topological polar surface area (TPSA) is 133 Å². The zero-order valence-electron chi connectivity index (χ0n) is 20.2. The number of carbonyl (C=O) groups is 1. The van der Waals surface area contributed by atoms with Gasteiger partial charge in [0.15, 0.2) is 22.9 Å². The number of halogens is 4. The van der Waals surface area contributed by atoms with Crippen molar-refractivity contribution in [2.75, 3.05) is 5.32 Å². The summed E-state index contributed by atoms with van der Waals surface area (Å²) in [6, 6.07) is 12.6. The number of carbonyl (C=O) groups excluding carboxylic acids is 1. The lowest BCUT2D eigenvalue weighted by Gasteiger charge is -2.15. The Balaban J connectivity index is 1.45. The van der Waals surface area contributed by atoms with Gasteiger partial charge in [0.2, 0.25) is 0 Å². The van der Waals surface area contributed by atoms with E-state index >= 15 is 0 Å². The molecule has 0 aliphatic rings. The Morgan fingerprint density at radius 1 is 1.10 bits per heavy atom. The smallest absolute Gasteiger partial charge is 0.382 e. The maximum atomic E-state index is 13.1. The van der Waals surface area contributed by atoms with Crippen molar-refractivity contribution in [1.82, 2.24) is 34.1 Å². The average Bonchev–Trinajstić information content (AvgIpc) is 3.67. The molecule has 206 valence electrons. The maximum Gasteiger partial charge on any atom is 0.416 e. The van der Waals surface area contributed by atoms with Gasteiger partial charge in [0, 0.05) is 22.2 Å². The van der Waals surface area contributed by atoms with E-state index in [4.69, 9.17) is 11.6 Å². The highest BCUT2D eigenvalue weighted by Crippen LogP contribution is 2.24. The van der Waals surface area contributed by atoms with Gasteiger partial charge < -0.3 is 5.11 Å². The summed E-state index contributed by atoms with van der Waals surface area (Å²) in [6.07, 6.45) is -4.85. The zero-order chi connectivity index (χ0) is 28.4. The van der Waals surface area contributed by atoms with Gasteiger partial charge in [-0.3, -0.25) is 14.7 Å². The van der Waals surface area contributed by atoms with Crippen molar-refractivity contribution in [2.24, 2.45) is 0 Å². The Morgan fingerprint density at radius 2 is 1.85 bits per heavy atom. The first kappa shape index (κ1) is 27.2. The van der Waals surface area contributed by atoms with Crippen LogP contribution in [0.4, 0.5) is 18.3 Å². The van der Waals surface area contributed by atoms with Crippen LogP contribution in [0.25, 0.3) is 17.1 Å². The van der Waals surface area contributed by atoms with Crippen molar-refractivity contribution >= 4 is 34.0 Å². The summed E-state index contributed by atoms with van der Waals surface area (Å²) in [4.78, 5) is 34.2. The minimum atomic E-state index is -4.95. The quantitative estimate of drug-likeness (QED) is 0.282. The largest absolute Gasteiger partial charge is 0.416 e. The average molecular weight is 591 g/mol. The summed E-state index contributed by atoms with van der Waals surface area (Å²) >= 11 is 7.17. The van der Waals surface area contributed by atoms with Gasteiger partial charge in [0.05, 0.1) is 17.8 Å². The molecule has 1 amide bonds. The number of aliphatic hydroxyl groups excluding tert-OH is 1. The van der Waals surface area contributed by atoms with Gasteiger partial charge in [-0.25, -0.2) is 24.1 Å². The Hall–Kier alpha value is -4.34. The van der Waals surface area contributed by atoms with Gasteiger partial charge in [-0.15, -0.1) is 21.5 Å². The molecule has 0 saturated heterocycles. The van der Waals surface area contributed by atoms with Crippen LogP contribution in [0.2, 0.25) is 5.02 Å². The Labute approximate surface area is 232 Å². The number of nitrogens with zero attached hydrogens (tertiary/aromatic N) is 7. The molecule has 3 heterocycles. The highest BCUT2D eigenvalue weighted by atomic mass is 35.5. The number of aliphatic hydroxyl groups is 1. The van der Waals surface area contributed by atoms with Crippen molar-refractivity contribution in [3.63, 3.8) is 0 Å². The standard InChI is InChI=1S/C24H18ClF3N8O3S/c25-15-7-5-14(6-8-15)20-33-35(23(39)34(20)11-18(37)24(26,27)28)12-19-30-13-36(32-19)17-4-2-1-3-16(17)21(38)31-22-29-9-10-40-22/h1-10,13,18,37H,11-12H2,(H,29,31,38)/t18-/m0/s1. The minimum absolute atomic E-state index is 0.0981. The molecule has 40 heavy (non-hydrogen) atoms. The van der Waals surface area contributed by atoms with Gasteiger partial charge >= 0.3 is 11.9 Å². The Bertz CT molecular complexity index is 1700. The molecule has 0 radical (unpaired) electrons. The Morgan fingerprint density at radius 3 is 2.55 bits per heavy atom. The number of para-hydroxylation sites is 1. The molecule has 0 aliphatic heterocycles. The van der Waals surface area contributed by atoms with Gasteiger partial charge in [-0.1, -0.05) is 23.7 Å². The number of aromatic nitrogens is 7. The molecule has 2 N–H and O–H groups in total. The number of amides is 1. The second kappa shape index (κ2) is 11.0. The first-order valence-corrected chi connectivity index (χ1v) is 12.7. The molecule has 0 spiro atoms. The zero-order valence-corrected chi connectivity index (χ0v) is 21.7. The molecule has 1 atom stereocenters. The molecule has 2 aromatic carbocycles. The number of nitrogens with one attached hydrogen (secondary N) is 1. The molecular formula is C24H18ClF3N8O3S. The van der Waals surface area contributed by atoms with Crippen molar-refractivity contribution < 1.29 is 23.1 Å². The van der Waals surface area contributed by atoms with Crippen LogP contribution in [0.3, 0.4) is 0 Å². The van der Waals surface area contributed by atoms with Gasteiger partial charge in [-0.05, 0) is 36.4 Å². The molecule has 0 saturated carbocycles. The molecule has 0 unspecified atom stereocenters. The fourth-order valence-corrected chi connectivity index (χ4v) is 4.38. The third-order valence-corrected chi connectivity index (χ3v) is 6.58. The molecular weight excluding hydrogens is 573 g/mol. The van der Waals surface area contributed by atoms with Crippen LogP contribution in [-0.2, 0) is 13.1 Å². The molecule has 5 aromatic rings. The van der Waals surface area contributed by atoms with Crippen LogP contribution in [0.1, 0.15) is 16.2 Å². The molecule has 0 bridgehead atoms. The lowest BCUT2D eigenvalue weighted by molar-refractivity contribution is -0.207. The summed E-state index contributed by atoms with van der Waals surface area (Å²) in [7, 11) is 0. The van der Waals surface area contributed by atoms with Crippen LogP contribution in [0.5, 0.6) is 0 Å². The number of anilines is 1. The lowest BCUT2D eigenvalue weighted by Crippen LogP contribution is -2.37. The van der Waals surface area contributed by atoms with E-state index in [1.54, 1.807) is 35.8 Å². The van der Waals surface area contributed by atoms with E-state index < -0.39 is 30.4 Å². The van der Waals surface area contributed by atoms with Crippen LogP contribution in [0.15, 0.2) is 71.2 Å². The number of alkyl halides is 3. The molecule has 3 aromatic heterocycles. The summed E-state index contributed by atoms with van der Waals surface area (Å²) in [6.45, 7) is -1.36. The van der Waals surface area contributed by atoms with E-state index in [9.17, 15) is 27.9 Å². The predicted molar refractivity (Wildman–Crippen MR) is 140 cm³/mol. The van der Waals surface area contributed by atoms with Crippen molar-refractivity contribution in [3.8, 4) is 17.1 Å². The van der Waals surface area contributed by atoms with E-state index in [1.807, 2.05) is 0 Å². The molecule has 16 heteroatoms. The molecule has 0 fully saturated rings. The fraction of sp³-hybridized carbons (Fsp3) is 0.167. The summed E-state index contributed by atoms with van der Waals surface area (Å²) in [5, 5.41) is 23.4. The normalized spacial score (nSPS) is 12.4.